The highest BCUT2D eigenvalue weighted by Crippen LogP contribution is 2.34. The standard InChI is InChI=1S/C36H40ClN3O3/c1-26(38(2)3)23-28-9-6-8-12-34(28)43-35-24-31(17-18-33(35)36(41)42-4)40-21-19-39(20-22-40)25-29-10-5-7-11-32(29)27-13-15-30(37)16-14-27/h5-18,24,26H,19-23,25H2,1-4H3. The first-order valence-corrected chi connectivity index (χ1v) is 15.2. The molecule has 0 amide bonds. The third kappa shape index (κ3) is 7.57. The van der Waals surface area contributed by atoms with Gasteiger partial charge < -0.3 is 19.3 Å². The molecule has 4 aromatic rings. The van der Waals surface area contributed by atoms with E-state index in [1.54, 1.807) is 0 Å². The van der Waals surface area contributed by atoms with Gasteiger partial charge in [-0.2, -0.15) is 0 Å². The Morgan fingerprint density at radius 2 is 1.53 bits per heavy atom. The molecule has 5 rings (SSSR count). The van der Waals surface area contributed by atoms with E-state index in [9.17, 15) is 4.79 Å². The lowest BCUT2D eigenvalue weighted by Gasteiger charge is -2.36. The SMILES string of the molecule is COC(=O)c1ccc(N2CCN(Cc3ccccc3-c3ccc(Cl)cc3)CC2)cc1Oc1ccccc1CC(C)N(C)C. The minimum Gasteiger partial charge on any atom is -0.465 e. The average molecular weight is 598 g/mol. The summed E-state index contributed by atoms with van der Waals surface area (Å²) in [7, 11) is 5.55. The first kappa shape index (κ1) is 30.6. The van der Waals surface area contributed by atoms with Crippen LogP contribution in [-0.4, -0.2) is 69.2 Å². The second kappa shape index (κ2) is 14.1. The summed E-state index contributed by atoms with van der Waals surface area (Å²) in [6.07, 6.45) is 0.833. The van der Waals surface area contributed by atoms with Crippen LogP contribution in [-0.2, 0) is 17.7 Å². The zero-order chi connectivity index (χ0) is 30.3. The molecule has 1 fully saturated rings. The number of hydrogen-bond donors (Lipinski definition) is 0. The van der Waals surface area contributed by atoms with E-state index in [0.29, 0.717) is 17.4 Å². The molecule has 1 saturated heterocycles. The van der Waals surface area contributed by atoms with Gasteiger partial charge in [-0.1, -0.05) is 66.2 Å². The number of rotatable bonds is 10. The van der Waals surface area contributed by atoms with Crippen molar-refractivity contribution in [2.45, 2.75) is 25.9 Å². The van der Waals surface area contributed by atoms with E-state index < -0.39 is 5.97 Å². The first-order valence-electron chi connectivity index (χ1n) is 14.8. The van der Waals surface area contributed by atoms with Crippen molar-refractivity contribution in [3.63, 3.8) is 0 Å². The zero-order valence-electron chi connectivity index (χ0n) is 25.4. The molecule has 1 unspecified atom stereocenters. The molecule has 0 spiro atoms. The number of carbonyl (C=O) groups excluding carboxylic acids is 1. The van der Waals surface area contributed by atoms with Gasteiger partial charge in [0.05, 0.1) is 7.11 Å². The fourth-order valence-electron chi connectivity index (χ4n) is 5.44. The lowest BCUT2D eigenvalue weighted by Crippen LogP contribution is -2.46. The molecule has 1 heterocycles. The molecule has 0 bridgehead atoms. The van der Waals surface area contributed by atoms with Crippen molar-refractivity contribution in [1.29, 1.82) is 0 Å². The Kier molecular flexibility index (Phi) is 10.0. The molecular formula is C36H40ClN3O3. The van der Waals surface area contributed by atoms with Gasteiger partial charge in [-0.25, -0.2) is 4.79 Å². The second-order valence-electron chi connectivity index (χ2n) is 11.3. The fraction of sp³-hybridized carbons (Fsp3) is 0.306. The van der Waals surface area contributed by atoms with Gasteiger partial charge in [0.25, 0.3) is 0 Å². The number of hydrogen-bond acceptors (Lipinski definition) is 6. The lowest BCUT2D eigenvalue weighted by molar-refractivity contribution is 0.0598. The molecular weight excluding hydrogens is 558 g/mol. The van der Waals surface area contributed by atoms with Crippen LogP contribution >= 0.6 is 11.6 Å². The number of halogens is 1. The van der Waals surface area contributed by atoms with Crippen LogP contribution in [0.3, 0.4) is 0 Å². The summed E-state index contributed by atoms with van der Waals surface area (Å²) < 4.78 is 11.6. The Labute approximate surface area is 260 Å². The largest absolute Gasteiger partial charge is 0.465 e. The monoisotopic (exact) mass is 597 g/mol. The summed E-state index contributed by atoms with van der Waals surface area (Å²) in [6.45, 7) is 6.66. The Morgan fingerprint density at radius 1 is 0.860 bits per heavy atom. The van der Waals surface area contributed by atoms with E-state index in [0.717, 1.165) is 61.2 Å². The van der Waals surface area contributed by atoms with Gasteiger partial charge in [0, 0.05) is 55.5 Å². The van der Waals surface area contributed by atoms with Crippen molar-refractivity contribution < 1.29 is 14.3 Å². The number of likely N-dealkylation sites (N-methyl/N-ethyl adjacent to an activating group) is 1. The molecule has 1 atom stereocenters. The third-order valence-electron chi connectivity index (χ3n) is 8.26. The molecule has 1 aliphatic rings. The summed E-state index contributed by atoms with van der Waals surface area (Å²) in [5, 5.41) is 0.744. The number of ether oxygens (including phenoxy) is 2. The van der Waals surface area contributed by atoms with Gasteiger partial charge in [-0.15, -0.1) is 0 Å². The summed E-state index contributed by atoms with van der Waals surface area (Å²) in [4.78, 5) is 19.7. The Hall–Kier alpha value is -3.84. The maximum absolute atomic E-state index is 12.7. The molecule has 1 aliphatic heterocycles. The van der Waals surface area contributed by atoms with Crippen molar-refractivity contribution in [3.8, 4) is 22.6 Å². The number of esters is 1. The van der Waals surface area contributed by atoms with Crippen molar-refractivity contribution in [1.82, 2.24) is 9.80 Å². The average Bonchev–Trinajstić information content (AvgIpc) is 3.02. The highest BCUT2D eigenvalue weighted by atomic mass is 35.5. The van der Waals surface area contributed by atoms with E-state index in [1.165, 1.54) is 23.8 Å². The Bertz CT molecular complexity index is 1530. The molecule has 0 aromatic heterocycles. The van der Waals surface area contributed by atoms with Crippen LogP contribution in [0.15, 0.2) is 91.0 Å². The summed E-state index contributed by atoms with van der Waals surface area (Å²) in [5.74, 6) is 0.848. The quantitative estimate of drug-likeness (QED) is 0.178. The van der Waals surface area contributed by atoms with E-state index in [1.807, 2.05) is 48.5 Å². The van der Waals surface area contributed by atoms with Crippen molar-refractivity contribution in [3.05, 3.63) is 113 Å². The van der Waals surface area contributed by atoms with Gasteiger partial charge in [-0.05, 0) is 80.0 Å². The van der Waals surface area contributed by atoms with Crippen LogP contribution in [0.1, 0.15) is 28.4 Å². The van der Waals surface area contributed by atoms with Crippen LogP contribution in [0.25, 0.3) is 11.1 Å². The van der Waals surface area contributed by atoms with Gasteiger partial charge >= 0.3 is 5.97 Å². The number of para-hydroxylation sites is 1. The highest BCUT2D eigenvalue weighted by Gasteiger charge is 2.22. The Balaban J connectivity index is 1.31. The summed E-state index contributed by atoms with van der Waals surface area (Å²) in [6, 6.07) is 30.8. The van der Waals surface area contributed by atoms with Crippen molar-refractivity contribution in [2.24, 2.45) is 0 Å². The molecule has 0 N–H and O–H groups in total. The topological polar surface area (TPSA) is 45.3 Å². The minimum absolute atomic E-state index is 0.339. The van der Waals surface area contributed by atoms with Crippen molar-refractivity contribution >= 4 is 23.3 Å². The first-order chi connectivity index (χ1) is 20.8. The molecule has 0 radical (unpaired) electrons. The minimum atomic E-state index is -0.412. The number of anilines is 1. The fourth-order valence-corrected chi connectivity index (χ4v) is 5.56. The van der Waals surface area contributed by atoms with E-state index in [2.05, 4.69) is 78.2 Å². The molecule has 4 aromatic carbocycles. The number of piperazine rings is 1. The molecule has 43 heavy (non-hydrogen) atoms. The molecule has 0 aliphatic carbocycles. The third-order valence-corrected chi connectivity index (χ3v) is 8.52. The van der Waals surface area contributed by atoms with E-state index >= 15 is 0 Å². The predicted octanol–water partition coefficient (Wildman–Crippen LogP) is 7.40. The summed E-state index contributed by atoms with van der Waals surface area (Å²) >= 11 is 6.13. The van der Waals surface area contributed by atoms with E-state index in [4.69, 9.17) is 21.1 Å². The maximum atomic E-state index is 12.7. The van der Waals surface area contributed by atoms with Crippen LogP contribution in [0, 0.1) is 0 Å². The van der Waals surface area contributed by atoms with Crippen LogP contribution in [0.5, 0.6) is 11.5 Å². The Morgan fingerprint density at radius 3 is 2.23 bits per heavy atom. The maximum Gasteiger partial charge on any atom is 0.341 e. The van der Waals surface area contributed by atoms with Gasteiger partial charge in [0.2, 0.25) is 0 Å². The molecule has 7 heteroatoms. The lowest BCUT2D eigenvalue weighted by atomic mass is 9.99. The normalized spacial score (nSPS) is 14.5. The van der Waals surface area contributed by atoms with E-state index in [-0.39, 0.29) is 0 Å². The highest BCUT2D eigenvalue weighted by molar-refractivity contribution is 6.30. The number of nitrogens with zero attached hydrogens (tertiary/aromatic N) is 3. The van der Waals surface area contributed by atoms with Gasteiger partial charge in [-0.3, -0.25) is 4.90 Å². The molecule has 6 nitrogen and oxygen atoms in total. The van der Waals surface area contributed by atoms with Gasteiger partial charge in [0.15, 0.2) is 0 Å². The van der Waals surface area contributed by atoms with Crippen LogP contribution in [0.4, 0.5) is 5.69 Å². The molecule has 224 valence electrons. The van der Waals surface area contributed by atoms with Crippen LogP contribution < -0.4 is 9.64 Å². The zero-order valence-corrected chi connectivity index (χ0v) is 26.2. The number of carbonyl (C=O) groups is 1. The summed E-state index contributed by atoms with van der Waals surface area (Å²) in [5.41, 5.74) is 6.26. The van der Waals surface area contributed by atoms with Crippen LogP contribution in [0.2, 0.25) is 5.02 Å². The number of methoxy groups -OCH3 is 1. The number of benzene rings is 4. The smallest absolute Gasteiger partial charge is 0.341 e. The molecule has 0 saturated carbocycles. The van der Waals surface area contributed by atoms with Crippen molar-refractivity contribution in [2.75, 3.05) is 52.3 Å². The van der Waals surface area contributed by atoms with Gasteiger partial charge in [0.1, 0.15) is 17.1 Å². The second-order valence-corrected chi connectivity index (χ2v) is 11.8. The predicted molar refractivity (Wildman–Crippen MR) is 176 cm³/mol.